The van der Waals surface area contributed by atoms with Gasteiger partial charge in [-0.1, -0.05) is 12.1 Å². The number of halogens is 3. The zero-order valence-corrected chi connectivity index (χ0v) is 12.9. The Morgan fingerprint density at radius 2 is 1.92 bits per heavy atom. The highest BCUT2D eigenvalue weighted by Crippen LogP contribution is 2.31. The van der Waals surface area contributed by atoms with Crippen LogP contribution in [0.3, 0.4) is 0 Å². The minimum absolute atomic E-state index is 0.116. The van der Waals surface area contributed by atoms with E-state index in [1.54, 1.807) is 24.3 Å². The summed E-state index contributed by atoms with van der Waals surface area (Å²) in [5.41, 5.74) is 1.35. The Labute approximate surface area is 137 Å². The lowest BCUT2D eigenvalue weighted by molar-refractivity contribution is -0.222. The van der Waals surface area contributed by atoms with Crippen molar-refractivity contribution in [3.63, 3.8) is 0 Å². The van der Waals surface area contributed by atoms with Crippen molar-refractivity contribution in [2.45, 2.75) is 31.7 Å². The van der Waals surface area contributed by atoms with Crippen LogP contribution in [0.1, 0.15) is 24.0 Å². The molecule has 1 aliphatic heterocycles. The van der Waals surface area contributed by atoms with Crippen molar-refractivity contribution in [1.82, 2.24) is 10.2 Å². The van der Waals surface area contributed by atoms with Gasteiger partial charge in [-0.2, -0.15) is 18.4 Å². The van der Waals surface area contributed by atoms with Gasteiger partial charge in [-0.05, 0) is 36.5 Å². The molecule has 130 valence electrons. The Morgan fingerprint density at radius 1 is 1.33 bits per heavy atom. The molecule has 0 bridgehead atoms. The summed E-state index contributed by atoms with van der Waals surface area (Å²) in [5.74, 6) is -0.868. The lowest BCUT2D eigenvalue weighted by Crippen LogP contribution is -2.48. The average molecular weight is 341 g/mol. The molecular weight excluding hydrogens is 323 g/mol. The van der Waals surface area contributed by atoms with Crippen LogP contribution in [0.4, 0.5) is 18.0 Å². The molecule has 2 rings (SSSR count). The predicted octanol–water partition coefficient (Wildman–Crippen LogP) is 2.40. The highest BCUT2D eigenvalue weighted by molar-refractivity contribution is 5.74. The fourth-order valence-electron chi connectivity index (χ4n) is 2.67. The van der Waals surface area contributed by atoms with E-state index in [2.05, 4.69) is 5.32 Å². The summed E-state index contributed by atoms with van der Waals surface area (Å²) in [5, 5.41) is 20.7. The molecule has 1 fully saturated rings. The molecule has 0 radical (unpaired) electrons. The number of piperidine rings is 1. The molecule has 1 aliphatic rings. The van der Waals surface area contributed by atoms with Gasteiger partial charge in [-0.3, -0.25) is 0 Å². The SMILES string of the molecule is N#Cc1ccc(CNC(=O)N2CCC(C(O)C(F)(F)F)CC2)cc1. The van der Waals surface area contributed by atoms with E-state index in [0.29, 0.717) is 5.56 Å². The first-order chi connectivity index (χ1) is 11.3. The number of nitrogens with one attached hydrogen (secondary N) is 1. The predicted molar refractivity (Wildman–Crippen MR) is 79.8 cm³/mol. The topological polar surface area (TPSA) is 76.4 Å². The molecule has 2 amide bonds. The molecule has 0 aliphatic carbocycles. The number of alkyl halides is 3. The van der Waals surface area contributed by atoms with Crippen LogP contribution in [-0.2, 0) is 6.54 Å². The highest BCUT2D eigenvalue weighted by atomic mass is 19.4. The Bertz CT molecular complexity index is 602. The van der Waals surface area contributed by atoms with Crippen LogP contribution in [0.2, 0.25) is 0 Å². The molecular formula is C16H18F3N3O2. The van der Waals surface area contributed by atoms with Gasteiger partial charge >= 0.3 is 12.2 Å². The molecule has 2 N–H and O–H groups in total. The third-order valence-electron chi connectivity index (χ3n) is 4.14. The van der Waals surface area contributed by atoms with Gasteiger partial charge in [-0.15, -0.1) is 0 Å². The van der Waals surface area contributed by atoms with Crippen LogP contribution < -0.4 is 5.32 Å². The molecule has 5 nitrogen and oxygen atoms in total. The van der Waals surface area contributed by atoms with Gasteiger partial charge in [0.1, 0.15) is 0 Å². The normalized spacial score (nSPS) is 17.2. The first-order valence-corrected chi connectivity index (χ1v) is 7.58. The molecule has 1 aromatic rings. The molecule has 1 atom stereocenters. The largest absolute Gasteiger partial charge is 0.414 e. The average Bonchev–Trinajstić information content (AvgIpc) is 2.58. The number of nitriles is 1. The van der Waals surface area contributed by atoms with Gasteiger partial charge in [0, 0.05) is 19.6 Å². The van der Waals surface area contributed by atoms with Crippen LogP contribution >= 0.6 is 0 Å². The molecule has 0 saturated carbocycles. The fourth-order valence-corrected chi connectivity index (χ4v) is 2.67. The molecule has 8 heteroatoms. The maximum atomic E-state index is 12.5. The van der Waals surface area contributed by atoms with E-state index in [-0.39, 0.29) is 38.5 Å². The highest BCUT2D eigenvalue weighted by Gasteiger charge is 2.44. The maximum absolute atomic E-state index is 12.5. The number of amides is 2. The number of carbonyl (C=O) groups is 1. The molecule has 24 heavy (non-hydrogen) atoms. The Kier molecular flexibility index (Phi) is 5.67. The lowest BCUT2D eigenvalue weighted by atomic mass is 9.91. The number of nitrogens with zero attached hydrogens (tertiary/aromatic N) is 2. The summed E-state index contributed by atoms with van der Waals surface area (Å²) in [6, 6.07) is 8.39. The Balaban J connectivity index is 1.79. The summed E-state index contributed by atoms with van der Waals surface area (Å²) >= 11 is 0. The minimum Gasteiger partial charge on any atom is -0.383 e. The molecule has 1 saturated heterocycles. The summed E-state index contributed by atoms with van der Waals surface area (Å²) < 4.78 is 37.5. The van der Waals surface area contributed by atoms with Gasteiger partial charge in [-0.25, -0.2) is 4.79 Å². The third-order valence-corrected chi connectivity index (χ3v) is 4.14. The zero-order valence-electron chi connectivity index (χ0n) is 12.9. The standard InChI is InChI=1S/C16H18F3N3O2/c17-16(18,19)14(23)13-5-7-22(8-6-13)15(24)21-10-12-3-1-11(9-20)2-4-12/h1-4,13-14,23H,5-8,10H2,(H,21,24). The number of hydrogen-bond donors (Lipinski definition) is 2. The van der Waals surface area contributed by atoms with Crippen LogP contribution in [0.5, 0.6) is 0 Å². The summed E-state index contributed by atoms with van der Waals surface area (Å²) in [6.07, 6.45) is -6.72. The van der Waals surface area contributed by atoms with E-state index in [4.69, 9.17) is 5.26 Å². The number of aliphatic hydroxyl groups is 1. The second kappa shape index (κ2) is 7.53. The Hall–Kier alpha value is -2.27. The third kappa shape index (κ3) is 4.61. The molecule has 0 spiro atoms. The summed E-state index contributed by atoms with van der Waals surface area (Å²) in [6.45, 7) is 0.629. The van der Waals surface area contributed by atoms with Crippen molar-refractivity contribution in [1.29, 1.82) is 5.26 Å². The van der Waals surface area contributed by atoms with Crippen molar-refractivity contribution in [2.75, 3.05) is 13.1 Å². The number of urea groups is 1. The number of rotatable bonds is 3. The van der Waals surface area contributed by atoms with Gasteiger partial charge in [0.25, 0.3) is 0 Å². The fraction of sp³-hybridized carbons (Fsp3) is 0.500. The van der Waals surface area contributed by atoms with Gasteiger partial charge < -0.3 is 15.3 Å². The van der Waals surface area contributed by atoms with E-state index in [1.165, 1.54) is 4.90 Å². The number of hydrogen-bond acceptors (Lipinski definition) is 3. The van der Waals surface area contributed by atoms with E-state index in [1.807, 2.05) is 6.07 Å². The summed E-state index contributed by atoms with van der Waals surface area (Å²) in [4.78, 5) is 13.5. The molecule has 1 heterocycles. The van der Waals surface area contributed by atoms with Crippen LogP contribution in [0.15, 0.2) is 24.3 Å². The number of likely N-dealkylation sites (tertiary alicyclic amines) is 1. The second-order valence-electron chi connectivity index (χ2n) is 5.78. The first-order valence-electron chi connectivity index (χ1n) is 7.58. The zero-order chi connectivity index (χ0) is 17.7. The monoisotopic (exact) mass is 341 g/mol. The number of aliphatic hydroxyl groups excluding tert-OH is 1. The van der Waals surface area contributed by atoms with Crippen molar-refractivity contribution in [3.8, 4) is 6.07 Å². The molecule has 1 unspecified atom stereocenters. The van der Waals surface area contributed by atoms with Crippen LogP contribution in [0.25, 0.3) is 0 Å². The van der Waals surface area contributed by atoms with E-state index in [0.717, 1.165) is 5.56 Å². The Morgan fingerprint density at radius 3 is 2.42 bits per heavy atom. The number of benzene rings is 1. The van der Waals surface area contributed by atoms with Crippen molar-refractivity contribution < 1.29 is 23.1 Å². The van der Waals surface area contributed by atoms with E-state index < -0.39 is 18.2 Å². The van der Waals surface area contributed by atoms with Crippen LogP contribution in [0, 0.1) is 17.2 Å². The summed E-state index contributed by atoms with van der Waals surface area (Å²) in [7, 11) is 0. The quantitative estimate of drug-likeness (QED) is 0.886. The van der Waals surface area contributed by atoms with Crippen molar-refractivity contribution in [3.05, 3.63) is 35.4 Å². The van der Waals surface area contributed by atoms with Crippen LogP contribution in [-0.4, -0.2) is 41.4 Å². The van der Waals surface area contributed by atoms with Crippen molar-refractivity contribution >= 4 is 6.03 Å². The second-order valence-corrected chi connectivity index (χ2v) is 5.78. The van der Waals surface area contributed by atoms with E-state index >= 15 is 0 Å². The lowest BCUT2D eigenvalue weighted by Gasteiger charge is -2.34. The van der Waals surface area contributed by atoms with Gasteiger partial charge in [0.05, 0.1) is 11.6 Å². The van der Waals surface area contributed by atoms with Gasteiger partial charge in [0.15, 0.2) is 6.10 Å². The first kappa shape index (κ1) is 18.1. The number of carbonyl (C=O) groups excluding carboxylic acids is 1. The smallest absolute Gasteiger partial charge is 0.383 e. The van der Waals surface area contributed by atoms with Crippen molar-refractivity contribution in [2.24, 2.45) is 5.92 Å². The minimum atomic E-state index is -4.62. The maximum Gasteiger partial charge on any atom is 0.414 e. The molecule has 1 aromatic carbocycles. The van der Waals surface area contributed by atoms with Gasteiger partial charge in [0.2, 0.25) is 0 Å². The van der Waals surface area contributed by atoms with E-state index in [9.17, 15) is 23.1 Å². The molecule has 0 aromatic heterocycles.